The highest BCUT2D eigenvalue weighted by Gasteiger charge is 2.41. The number of carbonyl (C=O) groups excluding carboxylic acids is 1. The van der Waals surface area contributed by atoms with Crippen LogP contribution >= 0.6 is 11.6 Å². The molecule has 3 heterocycles. The Kier molecular flexibility index (Phi) is 3.73. The monoisotopic (exact) mass is 368 g/mol. The number of benzene rings is 1. The largest absolute Gasteiger partial charge is 0.316 e. The van der Waals surface area contributed by atoms with E-state index in [2.05, 4.69) is 5.10 Å². The molecule has 7 heteroatoms. The number of hydrogen-bond acceptors (Lipinski definition) is 3. The van der Waals surface area contributed by atoms with E-state index in [0.717, 1.165) is 11.1 Å². The summed E-state index contributed by atoms with van der Waals surface area (Å²) in [6.07, 6.45) is 3.55. The average Bonchev–Trinajstić information content (AvgIpc) is 3.09. The summed E-state index contributed by atoms with van der Waals surface area (Å²) in [4.78, 5) is 26.8. The zero-order valence-electron chi connectivity index (χ0n) is 14.6. The first-order chi connectivity index (χ1) is 12.4. The standard InChI is InChI=1S/C19H17ClN4O2/c1-11-8-14(9-22(2)18(11)25)24-17(12-4-6-13(20)7-5-12)15-10-23(3)21-16(15)19(24)26/h4-10,17H,1-3H3/t17-/m1/s1. The van der Waals surface area contributed by atoms with Crippen LogP contribution in [-0.2, 0) is 14.1 Å². The molecule has 1 aromatic carbocycles. The number of carbonyl (C=O) groups is 1. The molecule has 0 unspecified atom stereocenters. The van der Waals surface area contributed by atoms with Crippen molar-refractivity contribution in [2.45, 2.75) is 13.0 Å². The van der Waals surface area contributed by atoms with Gasteiger partial charge in [0.15, 0.2) is 5.69 Å². The van der Waals surface area contributed by atoms with Gasteiger partial charge in [-0.1, -0.05) is 23.7 Å². The number of rotatable bonds is 2. The predicted molar refractivity (Wildman–Crippen MR) is 99.7 cm³/mol. The van der Waals surface area contributed by atoms with Gasteiger partial charge in [0.1, 0.15) is 0 Å². The van der Waals surface area contributed by atoms with Crippen molar-refractivity contribution >= 4 is 23.2 Å². The molecule has 0 N–H and O–H groups in total. The van der Waals surface area contributed by atoms with Gasteiger partial charge in [0.05, 0.1) is 11.7 Å². The summed E-state index contributed by atoms with van der Waals surface area (Å²) in [5, 5.41) is 4.97. The summed E-state index contributed by atoms with van der Waals surface area (Å²) in [6, 6.07) is 8.85. The van der Waals surface area contributed by atoms with Crippen molar-refractivity contribution in [1.82, 2.24) is 14.3 Å². The van der Waals surface area contributed by atoms with Crippen molar-refractivity contribution in [2.75, 3.05) is 4.90 Å². The Labute approximate surface area is 155 Å². The predicted octanol–water partition coefficient (Wildman–Crippen LogP) is 2.83. The van der Waals surface area contributed by atoms with E-state index in [9.17, 15) is 9.59 Å². The number of hydrogen-bond donors (Lipinski definition) is 0. The summed E-state index contributed by atoms with van der Waals surface area (Å²) < 4.78 is 3.14. The van der Waals surface area contributed by atoms with Gasteiger partial charge >= 0.3 is 0 Å². The molecule has 0 bridgehead atoms. The van der Waals surface area contributed by atoms with Crippen LogP contribution in [0, 0.1) is 6.92 Å². The van der Waals surface area contributed by atoms with Gasteiger partial charge in [0.25, 0.3) is 11.5 Å². The molecule has 3 aromatic rings. The maximum absolute atomic E-state index is 13.1. The lowest BCUT2D eigenvalue weighted by molar-refractivity contribution is 0.0988. The van der Waals surface area contributed by atoms with Gasteiger partial charge in [-0.15, -0.1) is 0 Å². The molecule has 0 saturated heterocycles. The topological polar surface area (TPSA) is 60.1 Å². The van der Waals surface area contributed by atoms with Crippen molar-refractivity contribution in [3.63, 3.8) is 0 Å². The molecule has 0 fully saturated rings. The van der Waals surface area contributed by atoms with Crippen LogP contribution in [0.5, 0.6) is 0 Å². The van der Waals surface area contributed by atoms with E-state index in [1.54, 1.807) is 55.0 Å². The van der Waals surface area contributed by atoms with E-state index in [-0.39, 0.29) is 17.5 Å². The highest BCUT2D eigenvalue weighted by Crippen LogP contribution is 2.41. The third-order valence-corrected chi connectivity index (χ3v) is 4.90. The lowest BCUT2D eigenvalue weighted by Gasteiger charge is -2.26. The Morgan fingerprint density at radius 3 is 2.42 bits per heavy atom. The van der Waals surface area contributed by atoms with Gasteiger partial charge < -0.3 is 4.57 Å². The molecule has 1 atom stereocenters. The zero-order valence-corrected chi connectivity index (χ0v) is 15.4. The number of pyridine rings is 1. The van der Waals surface area contributed by atoms with E-state index >= 15 is 0 Å². The van der Waals surface area contributed by atoms with Crippen LogP contribution in [0.2, 0.25) is 5.02 Å². The number of aromatic nitrogens is 3. The Morgan fingerprint density at radius 2 is 1.77 bits per heavy atom. The zero-order chi connectivity index (χ0) is 18.6. The molecule has 6 nitrogen and oxygen atoms in total. The molecule has 132 valence electrons. The fraction of sp³-hybridized carbons (Fsp3) is 0.211. The second-order valence-corrected chi connectivity index (χ2v) is 6.97. The molecule has 1 aliphatic rings. The lowest BCUT2D eigenvalue weighted by Crippen LogP contribution is -2.31. The lowest BCUT2D eigenvalue weighted by atomic mass is 10.0. The maximum Gasteiger partial charge on any atom is 0.280 e. The van der Waals surface area contributed by atoms with E-state index in [4.69, 9.17) is 11.6 Å². The van der Waals surface area contributed by atoms with Crippen LogP contribution in [-0.4, -0.2) is 20.3 Å². The van der Waals surface area contributed by atoms with Crippen LogP contribution in [0.25, 0.3) is 0 Å². The minimum Gasteiger partial charge on any atom is -0.316 e. The normalized spacial score (nSPS) is 16.2. The minimum absolute atomic E-state index is 0.0834. The van der Waals surface area contributed by atoms with Crippen molar-refractivity contribution in [3.05, 3.63) is 80.5 Å². The van der Waals surface area contributed by atoms with Crippen LogP contribution in [0.1, 0.15) is 33.2 Å². The van der Waals surface area contributed by atoms with Crippen LogP contribution < -0.4 is 10.5 Å². The quantitative estimate of drug-likeness (QED) is 0.698. The summed E-state index contributed by atoms with van der Waals surface area (Å²) in [5.41, 5.74) is 3.36. The molecule has 26 heavy (non-hydrogen) atoms. The van der Waals surface area contributed by atoms with Crippen LogP contribution in [0.15, 0.2) is 47.5 Å². The Hall–Kier alpha value is -2.86. The van der Waals surface area contributed by atoms with Crippen LogP contribution in [0.4, 0.5) is 5.69 Å². The third kappa shape index (κ3) is 2.45. The number of nitrogens with zero attached hydrogens (tertiary/aromatic N) is 4. The Balaban J connectivity index is 1.92. The Morgan fingerprint density at radius 1 is 1.08 bits per heavy atom. The van der Waals surface area contributed by atoms with E-state index in [1.165, 1.54) is 4.57 Å². The van der Waals surface area contributed by atoms with Gasteiger partial charge in [0, 0.05) is 42.6 Å². The molecule has 1 amide bonds. The SMILES string of the molecule is Cc1cc(N2C(=O)c3nn(C)cc3[C@H]2c2ccc(Cl)cc2)cn(C)c1=O. The smallest absolute Gasteiger partial charge is 0.280 e. The molecular formula is C19H17ClN4O2. The number of amides is 1. The number of aryl methyl sites for hydroxylation is 3. The first-order valence-electron chi connectivity index (χ1n) is 8.16. The molecule has 2 aromatic heterocycles. The summed E-state index contributed by atoms with van der Waals surface area (Å²) in [5.74, 6) is -0.182. The van der Waals surface area contributed by atoms with Crippen molar-refractivity contribution in [1.29, 1.82) is 0 Å². The van der Waals surface area contributed by atoms with Gasteiger partial charge in [-0.25, -0.2) is 0 Å². The molecular weight excluding hydrogens is 352 g/mol. The fourth-order valence-corrected chi connectivity index (χ4v) is 3.60. The second kappa shape index (κ2) is 5.85. The number of anilines is 1. The molecule has 0 radical (unpaired) electrons. The van der Waals surface area contributed by atoms with Gasteiger partial charge in [-0.3, -0.25) is 19.2 Å². The number of fused-ring (bicyclic) bond motifs is 1. The molecule has 0 aliphatic carbocycles. The van der Waals surface area contributed by atoms with Crippen molar-refractivity contribution < 1.29 is 4.79 Å². The van der Waals surface area contributed by atoms with Crippen molar-refractivity contribution in [3.8, 4) is 0 Å². The summed E-state index contributed by atoms with van der Waals surface area (Å²) >= 11 is 6.03. The van der Waals surface area contributed by atoms with Gasteiger partial charge in [0.2, 0.25) is 0 Å². The van der Waals surface area contributed by atoms with Gasteiger partial charge in [-0.05, 0) is 30.7 Å². The van der Waals surface area contributed by atoms with E-state index in [0.29, 0.717) is 22.0 Å². The summed E-state index contributed by atoms with van der Waals surface area (Å²) in [7, 11) is 3.48. The first kappa shape index (κ1) is 16.6. The van der Waals surface area contributed by atoms with Gasteiger partial charge in [-0.2, -0.15) is 5.10 Å². The highest BCUT2D eigenvalue weighted by atomic mass is 35.5. The van der Waals surface area contributed by atoms with Crippen molar-refractivity contribution in [2.24, 2.45) is 14.1 Å². The second-order valence-electron chi connectivity index (χ2n) is 6.53. The first-order valence-corrected chi connectivity index (χ1v) is 8.54. The Bertz CT molecular complexity index is 1060. The molecule has 0 saturated carbocycles. The average molecular weight is 369 g/mol. The van der Waals surface area contributed by atoms with E-state index in [1.807, 2.05) is 18.3 Å². The maximum atomic E-state index is 13.1. The number of halogens is 1. The third-order valence-electron chi connectivity index (χ3n) is 4.64. The highest BCUT2D eigenvalue weighted by molar-refractivity contribution is 6.30. The minimum atomic E-state index is -0.319. The van der Waals surface area contributed by atoms with Crippen LogP contribution in [0.3, 0.4) is 0 Å². The molecule has 0 spiro atoms. The van der Waals surface area contributed by atoms with E-state index < -0.39 is 0 Å². The fourth-order valence-electron chi connectivity index (χ4n) is 3.47. The summed E-state index contributed by atoms with van der Waals surface area (Å²) in [6.45, 7) is 1.75. The molecule has 1 aliphatic heterocycles. The molecule has 4 rings (SSSR count).